The molecule has 0 saturated heterocycles. The first-order valence-electron chi connectivity index (χ1n) is 7.13. The third-order valence-corrected chi connectivity index (χ3v) is 3.16. The van der Waals surface area contributed by atoms with Crippen LogP contribution in [0.1, 0.15) is 32.5 Å². The van der Waals surface area contributed by atoms with Gasteiger partial charge in [0.25, 0.3) is 0 Å². The molecule has 3 N–H and O–H groups in total. The van der Waals surface area contributed by atoms with Gasteiger partial charge in [-0.25, -0.2) is 15.8 Å². The number of rotatable bonds is 9. The molecule has 0 fully saturated rings. The Hall–Kier alpha value is -1.44. The highest BCUT2D eigenvalue weighted by Crippen LogP contribution is 2.21. The number of hydrazine groups is 1. The zero-order chi connectivity index (χ0) is 15.8. The van der Waals surface area contributed by atoms with Crippen LogP contribution < -0.4 is 16.2 Å². The van der Waals surface area contributed by atoms with E-state index in [0.29, 0.717) is 19.0 Å². The summed E-state index contributed by atoms with van der Waals surface area (Å²) in [6.07, 6.45) is 0. The van der Waals surface area contributed by atoms with E-state index in [9.17, 15) is 0 Å². The van der Waals surface area contributed by atoms with Crippen molar-refractivity contribution in [3.63, 3.8) is 0 Å². The second-order valence-electron chi connectivity index (χ2n) is 5.26. The number of nitrogens with one attached hydrogen (secondary N) is 1. The van der Waals surface area contributed by atoms with Crippen molar-refractivity contribution in [2.75, 3.05) is 44.3 Å². The van der Waals surface area contributed by atoms with Crippen LogP contribution in [0.4, 0.5) is 11.6 Å². The summed E-state index contributed by atoms with van der Waals surface area (Å²) in [5.41, 5.74) is 2.60. The fraction of sp³-hybridized carbons (Fsp3) is 0.714. The lowest BCUT2D eigenvalue weighted by Crippen LogP contribution is -2.39. The summed E-state index contributed by atoms with van der Waals surface area (Å²) >= 11 is 0. The molecule has 1 unspecified atom stereocenters. The maximum atomic E-state index is 5.51. The number of nitrogens with two attached hydrogens (primary N) is 1. The highest BCUT2D eigenvalue weighted by molar-refractivity contribution is 5.49. The predicted molar refractivity (Wildman–Crippen MR) is 84.5 cm³/mol. The SMILES string of the molecule is COCCN(c1cc(NN)nc(C(C)C)n1)C(C)COC. The van der Waals surface area contributed by atoms with E-state index < -0.39 is 0 Å². The average molecular weight is 297 g/mol. The summed E-state index contributed by atoms with van der Waals surface area (Å²) in [6.45, 7) is 8.14. The molecule has 1 heterocycles. The minimum absolute atomic E-state index is 0.172. The second kappa shape index (κ2) is 8.76. The van der Waals surface area contributed by atoms with Gasteiger partial charge in [0.05, 0.1) is 19.3 Å². The van der Waals surface area contributed by atoms with Crippen LogP contribution in [0.25, 0.3) is 0 Å². The van der Waals surface area contributed by atoms with Crippen molar-refractivity contribution in [2.24, 2.45) is 5.84 Å². The Kier molecular flexibility index (Phi) is 7.35. The van der Waals surface area contributed by atoms with Crippen LogP contribution in [0, 0.1) is 0 Å². The Morgan fingerprint density at radius 1 is 1.24 bits per heavy atom. The van der Waals surface area contributed by atoms with Crippen LogP contribution in [0.2, 0.25) is 0 Å². The number of hydrogen-bond acceptors (Lipinski definition) is 7. The van der Waals surface area contributed by atoms with Crippen molar-refractivity contribution in [1.29, 1.82) is 0 Å². The van der Waals surface area contributed by atoms with Gasteiger partial charge in [-0.05, 0) is 6.92 Å². The third-order valence-electron chi connectivity index (χ3n) is 3.16. The molecule has 1 aromatic heterocycles. The summed E-state index contributed by atoms with van der Waals surface area (Å²) in [5.74, 6) is 7.92. The van der Waals surface area contributed by atoms with Crippen molar-refractivity contribution in [1.82, 2.24) is 9.97 Å². The molecule has 0 aromatic carbocycles. The van der Waals surface area contributed by atoms with Crippen molar-refractivity contribution >= 4 is 11.6 Å². The zero-order valence-electron chi connectivity index (χ0n) is 13.6. The molecule has 21 heavy (non-hydrogen) atoms. The standard InChI is InChI=1S/C14H27N5O2/c1-10(2)14-16-12(18-15)8-13(17-14)19(6-7-20-4)11(3)9-21-5/h8,10-11H,6-7,9,15H2,1-5H3,(H,16,17,18). The fourth-order valence-electron chi connectivity index (χ4n) is 2.01. The minimum atomic E-state index is 0.172. The molecule has 1 atom stereocenters. The molecule has 0 aliphatic carbocycles. The van der Waals surface area contributed by atoms with Gasteiger partial charge in [0.1, 0.15) is 17.5 Å². The van der Waals surface area contributed by atoms with Crippen LogP contribution in [-0.4, -0.2) is 50.0 Å². The molecule has 7 nitrogen and oxygen atoms in total. The van der Waals surface area contributed by atoms with Crippen molar-refractivity contribution in [2.45, 2.75) is 32.7 Å². The first-order chi connectivity index (χ1) is 10.0. The van der Waals surface area contributed by atoms with Gasteiger partial charge in [0.2, 0.25) is 0 Å². The zero-order valence-corrected chi connectivity index (χ0v) is 13.6. The topological polar surface area (TPSA) is 85.5 Å². The minimum Gasteiger partial charge on any atom is -0.383 e. The molecule has 0 bridgehead atoms. The molecule has 0 saturated carbocycles. The number of nitrogen functional groups attached to an aromatic ring is 1. The van der Waals surface area contributed by atoms with Crippen LogP contribution in [-0.2, 0) is 9.47 Å². The lowest BCUT2D eigenvalue weighted by atomic mass is 10.2. The molecule has 0 aliphatic heterocycles. The maximum Gasteiger partial charge on any atom is 0.145 e. The molecule has 0 radical (unpaired) electrons. The van der Waals surface area contributed by atoms with Gasteiger partial charge in [-0.15, -0.1) is 0 Å². The normalized spacial score (nSPS) is 12.5. The summed E-state index contributed by atoms with van der Waals surface area (Å²) in [7, 11) is 3.38. The van der Waals surface area contributed by atoms with Crippen molar-refractivity contribution < 1.29 is 9.47 Å². The number of anilines is 2. The largest absolute Gasteiger partial charge is 0.383 e. The molecule has 1 rings (SSSR count). The first kappa shape index (κ1) is 17.6. The fourth-order valence-corrected chi connectivity index (χ4v) is 2.01. The van der Waals surface area contributed by atoms with Crippen molar-refractivity contribution in [3.8, 4) is 0 Å². The van der Waals surface area contributed by atoms with E-state index in [1.807, 2.05) is 6.07 Å². The van der Waals surface area contributed by atoms with E-state index >= 15 is 0 Å². The third kappa shape index (κ3) is 5.11. The maximum absolute atomic E-state index is 5.51. The highest BCUT2D eigenvalue weighted by Gasteiger charge is 2.18. The van der Waals surface area contributed by atoms with Gasteiger partial charge in [-0.2, -0.15) is 0 Å². The number of ether oxygens (including phenoxy) is 2. The van der Waals surface area contributed by atoms with Crippen molar-refractivity contribution in [3.05, 3.63) is 11.9 Å². The lowest BCUT2D eigenvalue weighted by Gasteiger charge is -2.30. The number of nitrogens with zero attached hydrogens (tertiary/aromatic N) is 3. The van der Waals surface area contributed by atoms with Gasteiger partial charge in [-0.3, -0.25) is 0 Å². The molecule has 1 aromatic rings. The van der Waals surface area contributed by atoms with Gasteiger partial charge in [0.15, 0.2) is 0 Å². The molecule has 7 heteroatoms. The Morgan fingerprint density at radius 3 is 2.48 bits per heavy atom. The predicted octanol–water partition coefficient (Wildman–Crippen LogP) is 1.37. The molecule has 120 valence electrons. The van der Waals surface area contributed by atoms with Crippen LogP contribution in [0.3, 0.4) is 0 Å². The summed E-state index contributed by atoms with van der Waals surface area (Å²) in [5, 5.41) is 0. The summed E-state index contributed by atoms with van der Waals surface area (Å²) in [6, 6.07) is 2.01. The highest BCUT2D eigenvalue weighted by atomic mass is 16.5. The van der Waals surface area contributed by atoms with E-state index in [0.717, 1.165) is 18.2 Å². The Morgan fingerprint density at radius 2 is 1.95 bits per heavy atom. The first-order valence-corrected chi connectivity index (χ1v) is 7.13. The monoisotopic (exact) mass is 297 g/mol. The molecular weight excluding hydrogens is 270 g/mol. The molecule has 0 aliphatic rings. The van der Waals surface area contributed by atoms with E-state index in [4.69, 9.17) is 15.3 Å². The van der Waals surface area contributed by atoms with E-state index in [-0.39, 0.29) is 12.0 Å². The number of hydrogen-bond donors (Lipinski definition) is 2. The van der Waals surface area contributed by atoms with Crippen LogP contribution in [0.5, 0.6) is 0 Å². The van der Waals surface area contributed by atoms with Crippen LogP contribution >= 0.6 is 0 Å². The molecule has 0 amide bonds. The molecular formula is C14H27N5O2. The van der Waals surface area contributed by atoms with Gasteiger partial charge in [-0.1, -0.05) is 13.8 Å². The Labute approximate surface area is 126 Å². The summed E-state index contributed by atoms with van der Waals surface area (Å²) in [4.78, 5) is 11.2. The number of methoxy groups -OCH3 is 2. The number of aromatic nitrogens is 2. The lowest BCUT2D eigenvalue weighted by molar-refractivity contribution is 0.170. The van der Waals surface area contributed by atoms with E-state index in [1.165, 1.54) is 0 Å². The molecule has 0 spiro atoms. The average Bonchev–Trinajstić information content (AvgIpc) is 2.47. The Bertz CT molecular complexity index is 428. The van der Waals surface area contributed by atoms with Crippen LogP contribution in [0.15, 0.2) is 6.07 Å². The van der Waals surface area contributed by atoms with Gasteiger partial charge in [0, 0.05) is 32.7 Å². The Balaban J connectivity index is 3.12. The smallest absolute Gasteiger partial charge is 0.145 e. The van der Waals surface area contributed by atoms with E-state index in [2.05, 4.69) is 41.1 Å². The van der Waals surface area contributed by atoms with Gasteiger partial charge >= 0.3 is 0 Å². The second-order valence-corrected chi connectivity index (χ2v) is 5.26. The summed E-state index contributed by atoms with van der Waals surface area (Å²) < 4.78 is 10.4. The van der Waals surface area contributed by atoms with Gasteiger partial charge < -0.3 is 19.8 Å². The van der Waals surface area contributed by atoms with E-state index in [1.54, 1.807) is 14.2 Å². The quantitative estimate of drug-likeness (QED) is 0.526.